The van der Waals surface area contributed by atoms with Gasteiger partial charge in [-0.15, -0.1) is 0 Å². The highest BCUT2D eigenvalue weighted by atomic mass is 16.6. The van der Waals surface area contributed by atoms with Crippen molar-refractivity contribution in [2.24, 2.45) is 0 Å². The van der Waals surface area contributed by atoms with Crippen LogP contribution in [0.15, 0.2) is 30.3 Å². The molecule has 0 aliphatic heterocycles. The van der Waals surface area contributed by atoms with Crippen LogP contribution in [-0.4, -0.2) is 16.9 Å². The van der Waals surface area contributed by atoms with Gasteiger partial charge in [-0.3, -0.25) is 4.79 Å². The second kappa shape index (κ2) is 4.53. The molecular formula is C10H10O4. The average molecular weight is 194 g/mol. The van der Waals surface area contributed by atoms with Crippen LogP contribution in [-0.2, 0) is 14.3 Å². The van der Waals surface area contributed by atoms with Gasteiger partial charge >= 0.3 is 5.97 Å². The highest BCUT2D eigenvalue weighted by Gasteiger charge is 2.16. The van der Waals surface area contributed by atoms with Crippen molar-refractivity contribution in [3.8, 4) is 0 Å². The Hall–Kier alpha value is -1.68. The summed E-state index contributed by atoms with van der Waals surface area (Å²) in [5, 5.41) is 9.34. The van der Waals surface area contributed by atoms with Gasteiger partial charge in [0.25, 0.3) is 0 Å². The smallest absolute Gasteiger partial charge is 0.376 e. The Morgan fingerprint density at radius 3 is 2.36 bits per heavy atom. The van der Waals surface area contributed by atoms with Gasteiger partial charge in [-0.1, -0.05) is 30.3 Å². The highest BCUT2D eigenvalue weighted by Crippen LogP contribution is 2.13. The van der Waals surface area contributed by atoms with Gasteiger partial charge in [0.2, 0.25) is 12.1 Å². The first-order chi connectivity index (χ1) is 6.61. The van der Waals surface area contributed by atoms with Crippen LogP contribution < -0.4 is 0 Å². The summed E-state index contributed by atoms with van der Waals surface area (Å²) in [6.07, 6.45) is -1.38. The van der Waals surface area contributed by atoms with E-state index < -0.39 is 18.0 Å². The number of ether oxygens (including phenoxy) is 1. The third-order valence-corrected chi connectivity index (χ3v) is 1.59. The molecule has 4 nitrogen and oxygen atoms in total. The predicted molar refractivity (Wildman–Crippen MR) is 48.2 cm³/mol. The van der Waals surface area contributed by atoms with E-state index in [9.17, 15) is 14.7 Å². The molecule has 0 amide bonds. The fraction of sp³-hybridized carbons (Fsp3) is 0.200. The molecule has 0 fully saturated rings. The first-order valence-electron chi connectivity index (χ1n) is 4.06. The number of hydrogen-bond donors (Lipinski definition) is 1. The van der Waals surface area contributed by atoms with Crippen LogP contribution in [0.3, 0.4) is 0 Å². The quantitative estimate of drug-likeness (QED) is 0.439. The molecule has 74 valence electrons. The minimum atomic E-state index is -1.38. The van der Waals surface area contributed by atoms with Crippen molar-refractivity contribution in [2.75, 3.05) is 0 Å². The predicted octanol–water partition coefficient (Wildman–Crippen LogP) is 0.810. The number of ketones is 1. The van der Waals surface area contributed by atoms with Gasteiger partial charge in [0.1, 0.15) is 0 Å². The Morgan fingerprint density at radius 2 is 1.86 bits per heavy atom. The van der Waals surface area contributed by atoms with Crippen molar-refractivity contribution in [3.63, 3.8) is 0 Å². The van der Waals surface area contributed by atoms with Gasteiger partial charge in [-0.2, -0.15) is 0 Å². The minimum absolute atomic E-state index is 0.433. The van der Waals surface area contributed by atoms with Gasteiger partial charge < -0.3 is 9.84 Å². The molecule has 0 aliphatic rings. The van der Waals surface area contributed by atoms with Crippen molar-refractivity contribution in [2.45, 2.75) is 13.2 Å². The maximum Gasteiger partial charge on any atom is 0.376 e. The van der Waals surface area contributed by atoms with Crippen molar-refractivity contribution in [3.05, 3.63) is 35.9 Å². The first-order valence-corrected chi connectivity index (χ1v) is 4.06. The van der Waals surface area contributed by atoms with Gasteiger partial charge in [-0.25, -0.2) is 4.79 Å². The van der Waals surface area contributed by atoms with Crippen molar-refractivity contribution >= 4 is 11.8 Å². The lowest BCUT2D eigenvalue weighted by Gasteiger charge is -2.10. The van der Waals surface area contributed by atoms with E-state index in [4.69, 9.17) is 0 Å². The molecule has 0 saturated carbocycles. The van der Waals surface area contributed by atoms with Crippen LogP contribution in [0.25, 0.3) is 0 Å². The van der Waals surface area contributed by atoms with E-state index >= 15 is 0 Å². The zero-order chi connectivity index (χ0) is 10.6. The van der Waals surface area contributed by atoms with Crippen LogP contribution in [0.1, 0.15) is 18.8 Å². The largest absolute Gasteiger partial charge is 0.426 e. The second-order valence-corrected chi connectivity index (χ2v) is 2.72. The maximum atomic E-state index is 10.8. The molecule has 0 aromatic heterocycles. The third-order valence-electron chi connectivity index (χ3n) is 1.59. The SMILES string of the molecule is CC(=O)C(=O)OC(O)c1ccccc1. The number of aliphatic hydroxyl groups excluding tert-OH is 1. The zero-order valence-electron chi connectivity index (χ0n) is 7.64. The van der Waals surface area contributed by atoms with Crippen molar-refractivity contribution in [1.29, 1.82) is 0 Å². The van der Waals surface area contributed by atoms with Crippen LogP contribution >= 0.6 is 0 Å². The van der Waals surface area contributed by atoms with Crippen LogP contribution in [0.5, 0.6) is 0 Å². The van der Waals surface area contributed by atoms with E-state index in [1.807, 2.05) is 0 Å². The second-order valence-electron chi connectivity index (χ2n) is 2.72. The van der Waals surface area contributed by atoms with Crippen LogP contribution in [0.2, 0.25) is 0 Å². The Morgan fingerprint density at radius 1 is 1.29 bits per heavy atom. The van der Waals surface area contributed by atoms with E-state index in [0.717, 1.165) is 6.92 Å². The summed E-state index contributed by atoms with van der Waals surface area (Å²) in [6.45, 7) is 1.08. The van der Waals surface area contributed by atoms with Gasteiger partial charge in [0, 0.05) is 12.5 Å². The summed E-state index contributed by atoms with van der Waals surface area (Å²) < 4.78 is 4.46. The summed E-state index contributed by atoms with van der Waals surface area (Å²) in [6, 6.07) is 8.35. The molecule has 1 aromatic carbocycles. The number of Topliss-reactive ketones (excluding diaryl/α,β-unsaturated/α-hetero) is 1. The summed E-state index contributed by atoms with van der Waals surface area (Å²) in [7, 11) is 0. The van der Waals surface area contributed by atoms with Gasteiger partial charge in [-0.05, 0) is 0 Å². The summed E-state index contributed by atoms with van der Waals surface area (Å²) in [4.78, 5) is 21.3. The normalized spacial score (nSPS) is 11.9. The molecule has 0 saturated heterocycles. The molecule has 1 rings (SSSR count). The molecule has 1 atom stereocenters. The fourth-order valence-electron chi connectivity index (χ4n) is 0.870. The van der Waals surface area contributed by atoms with Crippen LogP contribution in [0, 0.1) is 0 Å². The lowest BCUT2D eigenvalue weighted by Crippen LogP contribution is -2.17. The molecule has 0 heterocycles. The summed E-state index contributed by atoms with van der Waals surface area (Å²) in [5.41, 5.74) is 0.433. The molecule has 0 bridgehead atoms. The van der Waals surface area contributed by atoms with E-state index in [0.29, 0.717) is 5.56 Å². The number of hydrogen-bond acceptors (Lipinski definition) is 4. The third kappa shape index (κ3) is 2.67. The monoisotopic (exact) mass is 194 g/mol. The maximum absolute atomic E-state index is 10.8. The first kappa shape index (κ1) is 10.4. The van der Waals surface area contributed by atoms with Crippen LogP contribution in [0.4, 0.5) is 0 Å². The Kier molecular flexibility index (Phi) is 3.36. The molecule has 0 aliphatic carbocycles. The standard InChI is InChI=1S/C10H10O4/c1-7(11)9(12)14-10(13)8-5-3-2-4-6-8/h2-6,10,13H,1H3. The number of esters is 1. The van der Waals surface area contributed by atoms with Gasteiger partial charge in [0.05, 0.1) is 0 Å². The molecule has 4 heteroatoms. The van der Waals surface area contributed by atoms with E-state index in [-0.39, 0.29) is 0 Å². The Labute approximate surface area is 81.1 Å². The Balaban J connectivity index is 2.64. The molecule has 0 radical (unpaired) electrons. The number of benzene rings is 1. The molecule has 14 heavy (non-hydrogen) atoms. The van der Waals surface area contributed by atoms with E-state index in [2.05, 4.69) is 4.74 Å². The molecule has 1 N–H and O–H groups in total. The molecule has 1 aromatic rings. The molecular weight excluding hydrogens is 184 g/mol. The van der Waals surface area contributed by atoms with E-state index in [1.54, 1.807) is 30.3 Å². The summed E-state index contributed by atoms with van der Waals surface area (Å²) >= 11 is 0. The summed E-state index contributed by atoms with van der Waals surface area (Å²) in [5.74, 6) is -1.78. The Bertz CT molecular complexity index is 331. The number of carbonyl (C=O) groups excluding carboxylic acids is 2. The molecule has 1 unspecified atom stereocenters. The minimum Gasteiger partial charge on any atom is -0.426 e. The average Bonchev–Trinajstić information content (AvgIpc) is 2.19. The highest BCUT2D eigenvalue weighted by molar-refractivity contribution is 6.32. The van der Waals surface area contributed by atoms with Gasteiger partial charge in [0.15, 0.2) is 0 Å². The van der Waals surface area contributed by atoms with E-state index in [1.165, 1.54) is 0 Å². The zero-order valence-corrected chi connectivity index (χ0v) is 7.64. The topological polar surface area (TPSA) is 63.6 Å². The van der Waals surface area contributed by atoms with Crippen molar-refractivity contribution in [1.82, 2.24) is 0 Å². The lowest BCUT2D eigenvalue weighted by atomic mass is 10.2. The number of carbonyl (C=O) groups is 2. The number of aliphatic hydroxyl groups is 1. The lowest BCUT2D eigenvalue weighted by molar-refractivity contribution is -0.173. The van der Waals surface area contributed by atoms with Crippen molar-refractivity contribution < 1.29 is 19.4 Å². The number of rotatable bonds is 3. The fourth-order valence-corrected chi connectivity index (χ4v) is 0.870. The molecule has 0 spiro atoms.